The number of aromatic hydroxyl groups is 1. The Balaban J connectivity index is 2.58. The van der Waals surface area contributed by atoms with Crippen LogP contribution in [0.25, 0.3) is 0 Å². The summed E-state index contributed by atoms with van der Waals surface area (Å²) in [6.45, 7) is 16.8. The highest BCUT2D eigenvalue weighted by Gasteiger charge is 2.27. The van der Waals surface area contributed by atoms with Gasteiger partial charge in [-0.1, -0.05) is 59.2 Å². The first-order chi connectivity index (χ1) is 10.9. The van der Waals surface area contributed by atoms with Gasteiger partial charge in [-0.05, 0) is 48.4 Å². The van der Waals surface area contributed by atoms with Crippen LogP contribution in [-0.4, -0.2) is 5.11 Å². The topological polar surface area (TPSA) is 29.5 Å². The molecule has 130 valence electrons. The number of hydrogen-bond donors (Lipinski definition) is 1. The average molecular weight is 326 g/mol. The summed E-state index contributed by atoms with van der Waals surface area (Å²) in [5.41, 5.74) is 3.83. The summed E-state index contributed by atoms with van der Waals surface area (Å²) in [6, 6.07) is 10.1. The summed E-state index contributed by atoms with van der Waals surface area (Å²) in [5.74, 6) is 2.00. The number of rotatable bonds is 2. The number of benzene rings is 2. The fraction of sp³-hybridized carbons (Fsp3) is 0.455. The predicted molar refractivity (Wildman–Crippen MR) is 101 cm³/mol. The lowest BCUT2D eigenvalue weighted by Gasteiger charge is -2.28. The maximum absolute atomic E-state index is 10.8. The van der Waals surface area contributed by atoms with Gasteiger partial charge in [-0.15, -0.1) is 0 Å². The zero-order valence-electron chi connectivity index (χ0n) is 16.2. The highest BCUT2D eigenvalue weighted by molar-refractivity contribution is 5.53. The highest BCUT2D eigenvalue weighted by Crippen LogP contribution is 2.42. The summed E-state index contributed by atoms with van der Waals surface area (Å²) in [4.78, 5) is 0. The minimum Gasteiger partial charge on any atom is -0.507 e. The molecule has 0 aliphatic carbocycles. The van der Waals surface area contributed by atoms with Gasteiger partial charge in [0.25, 0.3) is 0 Å². The molecule has 0 saturated carbocycles. The monoisotopic (exact) mass is 326 g/mol. The van der Waals surface area contributed by atoms with Crippen molar-refractivity contribution in [3.05, 3.63) is 52.6 Å². The van der Waals surface area contributed by atoms with Crippen LogP contribution in [0.1, 0.15) is 63.8 Å². The number of phenolic OH excluding ortho intramolecular Hbond substituents is 1. The Morgan fingerprint density at radius 2 is 1.29 bits per heavy atom. The zero-order chi connectivity index (χ0) is 18.3. The van der Waals surface area contributed by atoms with Crippen molar-refractivity contribution in [3.8, 4) is 17.2 Å². The molecule has 2 heteroatoms. The van der Waals surface area contributed by atoms with Gasteiger partial charge >= 0.3 is 0 Å². The average Bonchev–Trinajstić information content (AvgIpc) is 2.41. The van der Waals surface area contributed by atoms with Gasteiger partial charge < -0.3 is 9.84 Å². The SMILES string of the molecule is Cc1ccc(Oc2cc(C(C)(C)C)c(O)c(C(C)(C)C)c2)c(C)c1. The van der Waals surface area contributed by atoms with Crippen molar-refractivity contribution in [2.45, 2.75) is 66.2 Å². The third kappa shape index (κ3) is 3.92. The molecule has 0 heterocycles. The molecule has 0 unspecified atom stereocenters. The predicted octanol–water partition coefficient (Wildman–Crippen LogP) is 6.40. The Kier molecular flexibility index (Phi) is 4.72. The van der Waals surface area contributed by atoms with E-state index in [9.17, 15) is 5.11 Å². The second-order valence-electron chi connectivity index (χ2n) is 8.74. The largest absolute Gasteiger partial charge is 0.507 e. The summed E-state index contributed by atoms with van der Waals surface area (Å²) >= 11 is 0. The van der Waals surface area contributed by atoms with Gasteiger partial charge in [0.1, 0.15) is 17.2 Å². The third-order valence-corrected chi connectivity index (χ3v) is 4.26. The van der Waals surface area contributed by atoms with Crippen molar-refractivity contribution in [1.82, 2.24) is 0 Å². The molecule has 0 atom stereocenters. The first kappa shape index (κ1) is 18.4. The Morgan fingerprint density at radius 3 is 1.71 bits per heavy atom. The zero-order valence-corrected chi connectivity index (χ0v) is 16.2. The maximum atomic E-state index is 10.8. The molecule has 2 aromatic rings. The lowest BCUT2D eigenvalue weighted by molar-refractivity contribution is 0.414. The van der Waals surface area contributed by atoms with Crippen LogP contribution < -0.4 is 4.74 Å². The number of phenols is 1. The Morgan fingerprint density at radius 1 is 0.792 bits per heavy atom. The van der Waals surface area contributed by atoms with Crippen LogP contribution in [0.5, 0.6) is 17.2 Å². The van der Waals surface area contributed by atoms with Crippen LogP contribution in [0.4, 0.5) is 0 Å². The van der Waals surface area contributed by atoms with E-state index < -0.39 is 0 Å². The molecule has 0 radical (unpaired) electrons. The minimum absolute atomic E-state index is 0.161. The molecule has 0 aromatic heterocycles. The van der Waals surface area contributed by atoms with E-state index in [1.165, 1.54) is 5.56 Å². The lowest BCUT2D eigenvalue weighted by atomic mass is 9.79. The van der Waals surface area contributed by atoms with Crippen molar-refractivity contribution in [2.75, 3.05) is 0 Å². The molecule has 2 nitrogen and oxygen atoms in total. The Labute approximate surface area is 146 Å². The fourth-order valence-electron chi connectivity index (χ4n) is 2.85. The second kappa shape index (κ2) is 6.16. The second-order valence-corrected chi connectivity index (χ2v) is 8.74. The van der Waals surface area contributed by atoms with Gasteiger partial charge in [-0.3, -0.25) is 0 Å². The van der Waals surface area contributed by atoms with Crippen molar-refractivity contribution < 1.29 is 9.84 Å². The maximum Gasteiger partial charge on any atom is 0.130 e. The molecule has 0 saturated heterocycles. The van der Waals surface area contributed by atoms with E-state index in [0.717, 1.165) is 28.2 Å². The normalized spacial score (nSPS) is 12.3. The van der Waals surface area contributed by atoms with E-state index in [1.807, 2.05) is 18.2 Å². The van der Waals surface area contributed by atoms with Crippen molar-refractivity contribution in [1.29, 1.82) is 0 Å². The van der Waals surface area contributed by atoms with Crippen LogP contribution in [0, 0.1) is 13.8 Å². The molecule has 0 aliphatic rings. The molecular formula is C22H30O2. The van der Waals surface area contributed by atoms with Gasteiger partial charge in [-0.2, -0.15) is 0 Å². The van der Waals surface area contributed by atoms with Gasteiger partial charge in [0.05, 0.1) is 0 Å². The van der Waals surface area contributed by atoms with Crippen LogP contribution in [-0.2, 0) is 10.8 Å². The quantitative estimate of drug-likeness (QED) is 0.692. The number of aryl methyl sites for hydroxylation is 2. The van der Waals surface area contributed by atoms with Crippen molar-refractivity contribution >= 4 is 0 Å². The molecule has 0 amide bonds. The molecule has 1 N–H and O–H groups in total. The van der Waals surface area contributed by atoms with Gasteiger partial charge in [-0.25, -0.2) is 0 Å². The van der Waals surface area contributed by atoms with Crippen LogP contribution in [0.3, 0.4) is 0 Å². The smallest absolute Gasteiger partial charge is 0.130 e. The molecule has 24 heavy (non-hydrogen) atoms. The molecule has 0 spiro atoms. The fourth-order valence-corrected chi connectivity index (χ4v) is 2.85. The lowest BCUT2D eigenvalue weighted by Crippen LogP contribution is -2.17. The Hall–Kier alpha value is -1.96. The van der Waals surface area contributed by atoms with Crippen LogP contribution in [0.15, 0.2) is 30.3 Å². The molecule has 0 bridgehead atoms. The first-order valence-corrected chi connectivity index (χ1v) is 8.52. The summed E-state index contributed by atoms with van der Waals surface area (Å²) in [5, 5.41) is 10.8. The van der Waals surface area contributed by atoms with Gasteiger partial charge in [0.2, 0.25) is 0 Å². The molecule has 2 aromatic carbocycles. The molecule has 0 aliphatic heterocycles. The van der Waals surface area contributed by atoms with Crippen molar-refractivity contribution in [2.24, 2.45) is 0 Å². The Bertz CT molecular complexity index is 709. The van der Waals surface area contributed by atoms with E-state index >= 15 is 0 Å². The number of hydrogen-bond acceptors (Lipinski definition) is 2. The van der Waals surface area contributed by atoms with Gasteiger partial charge in [0, 0.05) is 11.1 Å². The summed E-state index contributed by atoms with van der Waals surface area (Å²) in [7, 11) is 0. The third-order valence-electron chi connectivity index (χ3n) is 4.26. The van der Waals surface area contributed by atoms with Crippen molar-refractivity contribution in [3.63, 3.8) is 0 Å². The molecule has 0 fully saturated rings. The summed E-state index contributed by atoms with van der Waals surface area (Å²) in [6.07, 6.45) is 0. The van der Waals surface area contributed by atoms with Crippen LogP contribution >= 0.6 is 0 Å². The van der Waals surface area contributed by atoms with E-state index in [4.69, 9.17) is 4.74 Å². The minimum atomic E-state index is -0.161. The van der Waals surface area contributed by atoms with E-state index in [1.54, 1.807) is 0 Å². The standard InChI is InChI=1S/C22H30O2/c1-14-9-10-19(15(2)11-14)24-16-12-17(21(3,4)5)20(23)18(13-16)22(6,7)8/h9-13,23H,1-8H3. The number of ether oxygens (including phenoxy) is 1. The first-order valence-electron chi connectivity index (χ1n) is 8.52. The molecule has 2 rings (SSSR count). The highest BCUT2D eigenvalue weighted by atomic mass is 16.5. The molecular weight excluding hydrogens is 296 g/mol. The summed E-state index contributed by atoms with van der Waals surface area (Å²) < 4.78 is 6.18. The van der Waals surface area contributed by atoms with Gasteiger partial charge in [0.15, 0.2) is 0 Å². The van der Waals surface area contributed by atoms with E-state index in [0.29, 0.717) is 5.75 Å². The van der Waals surface area contributed by atoms with Crippen LogP contribution in [0.2, 0.25) is 0 Å². The van der Waals surface area contributed by atoms with E-state index in [-0.39, 0.29) is 10.8 Å². The van der Waals surface area contributed by atoms with E-state index in [2.05, 4.69) is 67.5 Å².